The van der Waals surface area contributed by atoms with Crippen molar-refractivity contribution in [1.82, 2.24) is 4.90 Å². The van der Waals surface area contributed by atoms with Gasteiger partial charge in [-0.25, -0.2) is 0 Å². The predicted molar refractivity (Wildman–Crippen MR) is 94.8 cm³/mol. The molecule has 1 amide bonds. The summed E-state index contributed by atoms with van der Waals surface area (Å²) in [7, 11) is 1.40. The molecule has 1 aromatic carbocycles. The van der Waals surface area contributed by atoms with Crippen molar-refractivity contribution in [3.8, 4) is 0 Å². The van der Waals surface area contributed by atoms with Crippen LogP contribution in [0, 0.1) is 18.8 Å². The normalized spacial score (nSPS) is 21.8. The Morgan fingerprint density at radius 1 is 1.29 bits per heavy atom. The number of carbonyl (C=O) groups is 2. The van der Waals surface area contributed by atoms with E-state index in [4.69, 9.17) is 4.74 Å². The lowest BCUT2D eigenvalue weighted by molar-refractivity contribution is -0.145. The number of methoxy groups -OCH3 is 1. The van der Waals surface area contributed by atoms with Gasteiger partial charge in [-0.1, -0.05) is 44.4 Å². The number of esters is 1. The summed E-state index contributed by atoms with van der Waals surface area (Å²) in [6.07, 6.45) is 4.50. The highest BCUT2D eigenvalue weighted by atomic mass is 16.5. The molecule has 24 heavy (non-hydrogen) atoms. The van der Waals surface area contributed by atoms with E-state index in [-0.39, 0.29) is 23.8 Å². The number of nitrogens with zero attached hydrogens (tertiary/aromatic N) is 1. The molecule has 0 spiro atoms. The molecule has 1 aliphatic rings. The maximum Gasteiger partial charge on any atom is 0.310 e. The van der Waals surface area contributed by atoms with E-state index in [0.29, 0.717) is 18.0 Å². The first-order valence-electron chi connectivity index (χ1n) is 8.89. The molecule has 1 fully saturated rings. The van der Waals surface area contributed by atoms with Crippen LogP contribution in [0.4, 0.5) is 0 Å². The summed E-state index contributed by atoms with van der Waals surface area (Å²) in [6, 6.07) is 7.87. The molecule has 0 aromatic heterocycles. The molecule has 0 bridgehead atoms. The molecule has 0 aliphatic heterocycles. The zero-order valence-corrected chi connectivity index (χ0v) is 15.2. The Morgan fingerprint density at radius 3 is 2.62 bits per heavy atom. The van der Waals surface area contributed by atoms with Crippen LogP contribution in [0.15, 0.2) is 24.3 Å². The van der Waals surface area contributed by atoms with Crippen molar-refractivity contribution in [3.63, 3.8) is 0 Å². The highest BCUT2D eigenvalue weighted by Crippen LogP contribution is 2.30. The number of hydrogen-bond acceptors (Lipinski definition) is 3. The van der Waals surface area contributed by atoms with Crippen molar-refractivity contribution in [3.05, 3.63) is 35.4 Å². The molecule has 3 unspecified atom stereocenters. The van der Waals surface area contributed by atoms with E-state index in [9.17, 15) is 9.59 Å². The Hall–Kier alpha value is -1.84. The van der Waals surface area contributed by atoms with Gasteiger partial charge in [-0.2, -0.15) is 0 Å². The first-order valence-corrected chi connectivity index (χ1v) is 8.89. The second-order valence-corrected chi connectivity index (χ2v) is 7.08. The molecule has 4 heteroatoms. The lowest BCUT2D eigenvalue weighted by Crippen LogP contribution is -2.48. The zero-order valence-electron chi connectivity index (χ0n) is 15.2. The molecule has 3 atom stereocenters. The first kappa shape index (κ1) is 18.5. The minimum Gasteiger partial charge on any atom is -0.469 e. The average Bonchev–Trinajstić information content (AvgIpc) is 2.59. The number of carbonyl (C=O) groups excluding carboxylic acids is 2. The number of aryl methyl sites for hydroxylation is 1. The van der Waals surface area contributed by atoms with Crippen LogP contribution >= 0.6 is 0 Å². The number of amides is 1. The average molecular weight is 331 g/mol. The minimum atomic E-state index is -0.321. The molecule has 0 heterocycles. The van der Waals surface area contributed by atoms with E-state index in [1.165, 1.54) is 13.5 Å². The van der Waals surface area contributed by atoms with Gasteiger partial charge in [0.2, 0.25) is 0 Å². The fourth-order valence-corrected chi connectivity index (χ4v) is 3.64. The number of hydrogen-bond donors (Lipinski definition) is 0. The maximum atomic E-state index is 13.2. The molecule has 0 saturated heterocycles. The number of rotatable bonds is 5. The second-order valence-electron chi connectivity index (χ2n) is 7.08. The van der Waals surface area contributed by atoms with Gasteiger partial charge in [-0.05, 0) is 37.8 Å². The summed E-state index contributed by atoms with van der Waals surface area (Å²) in [5.41, 5.74) is 1.77. The molecule has 0 radical (unpaired) electrons. The molecule has 1 saturated carbocycles. The molecule has 2 rings (SSSR count). The fraction of sp³-hybridized carbons (Fsp3) is 0.600. The van der Waals surface area contributed by atoms with Crippen molar-refractivity contribution in [1.29, 1.82) is 0 Å². The van der Waals surface area contributed by atoms with Crippen LogP contribution in [0.3, 0.4) is 0 Å². The third-order valence-corrected chi connectivity index (χ3v) is 5.07. The molecule has 1 aromatic rings. The van der Waals surface area contributed by atoms with E-state index in [1.54, 1.807) is 0 Å². The van der Waals surface area contributed by atoms with Crippen LogP contribution < -0.4 is 0 Å². The number of benzene rings is 1. The Balaban J connectivity index is 2.27. The van der Waals surface area contributed by atoms with E-state index in [2.05, 4.69) is 6.92 Å². The minimum absolute atomic E-state index is 0.0215. The highest BCUT2D eigenvalue weighted by Gasteiger charge is 2.33. The van der Waals surface area contributed by atoms with Gasteiger partial charge in [0.05, 0.1) is 13.0 Å². The van der Waals surface area contributed by atoms with Gasteiger partial charge in [0.25, 0.3) is 5.91 Å². The summed E-state index contributed by atoms with van der Waals surface area (Å²) in [6.45, 7) is 6.44. The van der Waals surface area contributed by atoms with Crippen molar-refractivity contribution in [2.24, 2.45) is 11.8 Å². The van der Waals surface area contributed by atoms with E-state index in [1.807, 2.05) is 43.0 Å². The van der Waals surface area contributed by atoms with Gasteiger partial charge in [0.1, 0.15) is 0 Å². The molecule has 1 aliphatic carbocycles. The zero-order chi connectivity index (χ0) is 17.7. The van der Waals surface area contributed by atoms with Crippen molar-refractivity contribution in [2.45, 2.75) is 52.5 Å². The summed E-state index contributed by atoms with van der Waals surface area (Å²) < 4.78 is 4.85. The topological polar surface area (TPSA) is 46.6 Å². The van der Waals surface area contributed by atoms with E-state index >= 15 is 0 Å². The Morgan fingerprint density at radius 2 is 2.00 bits per heavy atom. The van der Waals surface area contributed by atoms with Gasteiger partial charge >= 0.3 is 5.97 Å². The van der Waals surface area contributed by atoms with Crippen molar-refractivity contribution < 1.29 is 14.3 Å². The largest absolute Gasteiger partial charge is 0.469 e. The van der Waals surface area contributed by atoms with Gasteiger partial charge in [-0.3, -0.25) is 9.59 Å². The number of ether oxygens (including phenoxy) is 1. The van der Waals surface area contributed by atoms with Crippen LogP contribution in [0.5, 0.6) is 0 Å². The predicted octanol–water partition coefficient (Wildman–Crippen LogP) is 3.83. The quantitative estimate of drug-likeness (QED) is 0.771. The van der Waals surface area contributed by atoms with Crippen LogP contribution in [-0.4, -0.2) is 36.5 Å². The molecular formula is C20H29NO3. The van der Waals surface area contributed by atoms with E-state index in [0.717, 1.165) is 24.8 Å². The van der Waals surface area contributed by atoms with Gasteiger partial charge < -0.3 is 9.64 Å². The van der Waals surface area contributed by atoms with Crippen molar-refractivity contribution in [2.75, 3.05) is 13.7 Å². The molecule has 132 valence electrons. The first-order chi connectivity index (χ1) is 11.4. The maximum absolute atomic E-state index is 13.2. The third-order valence-electron chi connectivity index (χ3n) is 5.07. The Kier molecular flexibility index (Phi) is 6.41. The van der Waals surface area contributed by atoms with Crippen LogP contribution in [-0.2, 0) is 9.53 Å². The third kappa shape index (κ3) is 4.37. The van der Waals surface area contributed by atoms with Crippen LogP contribution in [0.2, 0.25) is 0 Å². The lowest BCUT2D eigenvalue weighted by Gasteiger charge is -2.39. The van der Waals surface area contributed by atoms with Crippen LogP contribution in [0.25, 0.3) is 0 Å². The van der Waals surface area contributed by atoms with Crippen molar-refractivity contribution >= 4 is 11.9 Å². The van der Waals surface area contributed by atoms with Gasteiger partial charge in [-0.15, -0.1) is 0 Å². The van der Waals surface area contributed by atoms with Gasteiger partial charge in [0, 0.05) is 18.2 Å². The molecule has 4 nitrogen and oxygen atoms in total. The lowest BCUT2D eigenvalue weighted by atomic mass is 9.84. The molecule has 0 N–H and O–H groups in total. The summed E-state index contributed by atoms with van der Waals surface area (Å²) in [5.74, 6) is -0.107. The second kappa shape index (κ2) is 8.32. The standard InChI is InChI=1S/C20H29NO3/c1-14-8-7-10-17(12-14)19(22)21(13-16(3)20(23)24-4)18-11-6-5-9-15(18)2/h7-8,10,12,15-16,18H,5-6,9,11,13H2,1-4H3. The monoisotopic (exact) mass is 331 g/mol. The summed E-state index contributed by atoms with van der Waals surface area (Å²) in [4.78, 5) is 26.9. The SMILES string of the molecule is COC(=O)C(C)CN(C(=O)c1cccc(C)c1)C1CCCCC1C. The van der Waals surface area contributed by atoms with E-state index < -0.39 is 0 Å². The van der Waals surface area contributed by atoms with Gasteiger partial charge in [0.15, 0.2) is 0 Å². The Labute approximate surface area is 145 Å². The Bertz CT molecular complexity index is 584. The molecular weight excluding hydrogens is 302 g/mol. The summed E-state index contributed by atoms with van der Waals surface area (Å²) in [5, 5.41) is 0. The highest BCUT2D eigenvalue weighted by molar-refractivity contribution is 5.95. The van der Waals surface area contributed by atoms with Crippen LogP contribution in [0.1, 0.15) is 55.5 Å². The summed E-state index contributed by atoms with van der Waals surface area (Å²) >= 11 is 0. The smallest absolute Gasteiger partial charge is 0.310 e. The fourth-order valence-electron chi connectivity index (χ4n) is 3.64.